The Morgan fingerprint density at radius 3 is 2.18 bits per heavy atom. The minimum absolute atomic E-state index is 0.00418. The van der Waals surface area contributed by atoms with E-state index in [1.165, 1.54) is 56.6 Å². The van der Waals surface area contributed by atoms with Gasteiger partial charge in [0.2, 0.25) is 5.78 Å². The highest BCUT2D eigenvalue weighted by atomic mass is 19.1. The van der Waals surface area contributed by atoms with E-state index in [9.17, 15) is 24.3 Å². The normalized spacial score (nSPS) is 14.3. The fraction of sp³-hybridized carbons (Fsp3) is 0.405. The standard InChI is InChI=1S/C37H43FN2O11/c1-6-22-16-25(17-23(7-2)34(22)50-21-47-4)35(42)39-28-18-24(36(43)51-26-10-8-9-15-40(19-26)37(44)45)11-12-27(28)33(41)31-29(49-20-46-3)13-14-30(48-5)32(31)38/h11-14,16-18,26H,6-10,15,19-21H2,1-5H3,(H,39,42)(H,44,45)/t26-/m1/s1. The molecule has 0 unspecified atom stereocenters. The van der Waals surface area contributed by atoms with Gasteiger partial charge < -0.3 is 43.7 Å². The minimum Gasteiger partial charge on any atom is -0.494 e. The predicted octanol–water partition coefficient (Wildman–Crippen LogP) is 6.10. The van der Waals surface area contributed by atoms with Gasteiger partial charge in [-0.15, -0.1) is 0 Å². The largest absolute Gasteiger partial charge is 0.494 e. The number of benzene rings is 3. The highest BCUT2D eigenvalue weighted by molar-refractivity contribution is 6.17. The maximum Gasteiger partial charge on any atom is 0.407 e. The molecule has 0 saturated carbocycles. The molecule has 1 fully saturated rings. The second-order valence-corrected chi connectivity index (χ2v) is 11.7. The number of rotatable bonds is 15. The van der Waals surface area contributed by atoms with Crippen molar-refractivity contribution >= 4 is 29.4 Å². The minimum atomic E-state index is -1.11. The van der Waals surface area contributed by atoms with Crippen molar-refractivity contribution in [2.45, 2.75) is 52.1 Å². The zero-order chi connectivity index (χ0) is 37.1. The lowest BCUT2D eigenvalue weighted by Crippen LogP contribution is -2.37. The first-order valence-corrected chi connectivity index (χ1v) is 16.5. The number of methoxy groups -OCH3 is 3. The van der Waals surface area contributed by atoms with Crippen molar-refractivity contribution in [3.8, 4) is 17.2 Å². The van der Waals surface area contributed by atoms with E-state index < -0.39 is 41.2 Å². The van der Waals surface area contributed by atoms with Gasteiger partial charge in [-0.05, 0) is 85.7 Å². The van der Waals surface area contributed by atoms with Crippen LogP contribution in [-0.4, -0.2) is 87.9 Å². The number of ether oxygens (including phenoxy) is 6. The van der Waals surface area contributed by atoms with Gasteiger partial charge in [0.1, 0.15) is 23.2 Å². The van der Waals surface area contributed by atoms with Crippen molar-refractivity contribution in [2.24, 2.45) is 0 Å². The number of hydrogen-bond acceptors (Lipinski definition) is 10. The van der Waals surface area contributed by atoms with Crippen molar-refractivity contribution in [3.63, 3.8) is 0 Å². The second kappa shape index (κ2) is 18.2. The fourth-order valence-corrected chi connectivity index (χ4v) is 5.76. The Morgan fingerprint density at radius 2 is 1.55 bits per heavy atom. The third-order valence-electron chi connectivity index (χ3n) is 8.36. The first kappa shape index (κ1) is 38.6. The Hall–Kier alpha value is -5.21. The number of likely N-dealkylation sites (tertiary alicyclic amines) is 1. The summed E-state index contributed by atoms with van der Waals surface area (Å²) in [7, 11) is 4.12. The monoisotopic (exact) mass is 710 g/mol. The van der Waals surface area contributed by atoms with Gasteiger partial charge in [0, 0.05) is 31.9 Å². The molecule has 14 heteroatoms. The highest BCUT2D eigenvalue weighted by Gasteiger charge is 2.29. The molecule has 2 amide bonds. The van der Waals surface area contributed by atoms with Crippen LogP contribution in [0, 0.1) is 5.82 Å². The molecule has 0 radical (unpaired) electrons. The van der Waals surface area contributed by atoms with Crippen LogP contribution in [0.15, 0.2) is 42.5 Å². The number of ketones is 1. The van der Waals surface area contributed by atoms with E-state index in [2.05, 4.69) is 5.32 Å². The molecule has 2 N–H and O–H groups in total. The Labute approximate surface area is 295 Å². The van der Waals surface area contributed by atoms with E-state index in [0.29, 0.717) is 44.4 Å². The number of anilines is 1. The molecule has 13 nitrogen and oxygen atoms in total. The molecule has 3 aromatic carbocycles. The van der Waals surface area contributed by atoms with Crippen molar-refractivity contribution in [1.82, 2.24) is 4.90 Å². The van der Waals surface area contributed by atoms with Crippen LogP contribution < -0.4 is 19.5 Å². The quantitative estimate of drug-likeness (QED) is 0.107. The van der Waals surface area contributed by atoms with E-state index in [4.69, 9.17) is 28.4 Å². The van der Waals surface area contributed by atoms with E-state index in [1.54, 1.807) is 12.1 Å². The summed E-state index contributed by atoms with van der Waals surface area (Å²) in [5.74, 6) is -3.03. The summed E-state index contributed by atoms with van der Waals surface area (Å²) in [5, 5.41) is 12.3. The van der Waals surface area contributed by atoms with Gasteiger partial charge in [-0.3, -0.25) is 9.59 Å². The third-order valence-corrected chi connectivity index (χ3v) is 8.36. The lowest BCUT2D eigenvalue weighted by molar-refractivity contribution is 0.0217. The molecule has 0 spiro atoms. The number of carbonyl (C=O) groups excluding carboxylic acids is 3. The van der Waals surface area contributed by atoms with Crippen LogP contribution in [0.3, 0.4) is 0 Å². The molecule has 3 aromatic rings. The van der Waals surface area contributed by atoms with E-state index in [1.807, 2.05) is 13.8 Å². The summed E-state index contributed by atoms with van der Waals surface area (Å²) in [5.41, 5.74) is 0.983. The Kier molecular flexibility index (Phi) is 13.7. The zero-order valence-corrected chi connectivity index (χ0v) is 29.3. The molecule has 51 heavy (non-hydrogen) atoms. The smallest absolute Gasteiger partial charge is 0.407 e. The SMILES string of the molecule is CCc1cc(C(=O)Nc2cc(C(=O)O[C@@H]3CCCCN(C(=O)O)C3)ccc2C(=O)c2c(OCOC)ccc(OC)c2F)cc(CC)c1OCOC. The lowest BCUT2D eigenvalue weighted by atomic mass is 9.97. The number of halogens is 1. The van der Waals surface area contributed by atoms with Crippen molar-refractivity contribution in [1.29, 1.82) is 0 Å². The van der Waals surface area contributed by atoms with Gasteiger partial charge in [-0.25, -0.2) is 14.0 Å². The molecule has 1 saturated heterocycles. The lowest BCUT2D eigenvalue weighted by Gasteiger charge is -2.22. The van der Waals surface area contributed by atoms with Crippen LogP contribution >= 0.6 is 0 Å². The Balaban J connectivity index is 1.78. The van der Waals surface area contributed by atoms with Gasteiger partial charge >= 0.3 is 12.1 Å². The maximum atomic E-state index is 15.7. The zero-order valence-electron chi connectivity index (χ0n) is 29.3. The fourth-order valence-electron chi connectivity index (χ4n) is 5.76. The van der Waals surface area contributed by atoms with Gasteiger partial charge in [0.15, 0.2) is 25.2 Å². The average Bonchev–Trinajstić information content (AvgIpc) is 3.38. The molecule has 0 bridgehead atoms. The highest BCUT2D eigenvalue weighted by Crippen LogP contribution is 2.34. The number of carbonyl (C=O) groups is 4. The van der Waals surface area contributed by atoms with E-state index >= 15 is 4.39 Å². The first-order chi connectivity index (χ1) is 24.6. The number of hydrogen-bond donors (Lipinski definition) is 2. The summed E-state index contributed by atoms with van der Waals surface area (Å²) < 4.78 is 47.9. The number of aryl methyl sites for hydroxylation is 2. The maximum absolute atomic E-state index is 15.7. The van der Waals surface area contributed by atoms with Gasteiger partial charge in [0.25, 0.3) is 5.91 Å². The van der Waals surface area contributed by atoms with Crippen LogP contribution in [0.2, 0.25) is 0 Å². The van der Waals surface area contributed by atoms with Gasteiger partial charge in [-0.1, -0.05) is 13.8 Å². The van der Waals surface area contributed by atoms with Crippen LogP contribution in [0.4, 0.5) is 14.9 Å². The number of amides is 2. The van der Waals surface area contributed by atoms with Crippen LogP contribution in [-0.2, 0) is 27.1 Å². The van der Waals surface area contributed by atoms with E-state index in [0.717, 1.165) is 11.1 Å². The average molecular weight is 711 g/mol. The molecular weight excluding hydrogens is 667 g/mol. The first-order valence-electron chi connectivity index (χ1n) is 16.5. The van der Waals surface area contributed by atoms with Crippen molar-refractivity contribution in [3.05, 3.63) is 81.7 Å². The van der Waals surface area contributed by atoms with Crippen LogP contribution in [0.5, 0.6) is 17.2 Å². The van der Waals surface area contributed by atoms with Gasteiger partial charge in [-0.2, -0.15) is 0 Å². The van der Waals surface area contributed by atoms with Crippen molar-refractivity contribution in [2.75, 3.05) is 53.3 Å². The molecule has 1 heterocycles. The number of nitrogens with zero attached hydrogens (tertiary/aromatic N) is 1. The molecule has 1 atom stereocenters. The Bertz CT molecular complexity index is 1720. The topological polar surface area (TPSA) is 159 Å². The van der Waals surface area contributed by atoms with Crippen LogP contribution in [0.25, 0.3) is 0 Å². The molecule has 1 aliphatic heterocycles. The predicted molar refractivity (Wildman–Crippen MR) is 184 cm³/mol. The summed E-state index contributed by atoms with van der Waals surface area (Å²) in [6.07, 6.45) is 1.00. The summed E-state index contributed by atoms with van der Waals surface area (Å²) >= 11 is 0. The molecule has 274 valence electrons. The second-order valence-electron chi connectivity index (χ2n) is 11.7. The number of carboxylic acid groups (broad SMARTS) is 1. The number of esters is 1. The van der Waals surface area contributed by atoms with Crippen LogP contribution in [0.1, 0.15) is 80.9 Å². The summed E-state index contributed by atoms with van der Waals surface area (Å²) in [4.78, 5) is 54.3. The van der Waals surface area contributed by atoms with E-state index in [-0.39, 0.29) is 54.0 Å². The third kappa shape index (κ3) is 9.32. The van der Waals surface area contributed by atoms with Gasteiger partial charge in [0.05, 0.1) is 24.9 Å². The number of nitrogens with one attached hydrogen (secondary N) is 1. The molecule has 4 rings (SSSR count). The molecule has 0 aromatic heterocycles. The summed E-state index contributed by atoms with van der Waals surface area (Å²) in [6.45, 7) is 3.89. The molecule has 0 aliphatic carbocycles. The molecular formula is C37H43FN2O11. The Morgan fingerprint density at radius 1 is 0.882 bits per heavy atom. The van der Waals surface area contributed by atoms with Crippen molar-refractivity contribution < 1.29 is 57.1 Å². The molecule has 1 aliphatic rings. The summed E-state index contributed by atoms with van der Waals surface area (Å²) in [6, 6.07) is 9.85.